The Morgan fingerprint density at radius 1 is 1.30 bits per heavy atom. The summed E-state index contributed by atoms with van der Waals surface area (Å²) < 4.78 is 42.7. The van der Waals surface area contributed by atoms with Crippen LogP contribution in [0.4, 0.5) is 10.1 Å². The highest BCUT2D eigenvalue weighted by Crippen LogP contribution is 2.22. The number of sulfonamides is 1. The molecule has 12 heteroatoms. The van der Waals surface area contributed by atoms with E-state index in [1.807, 2.05) is 0 Å². The van der Waals surface area contributed by atoms with Gasteiger partial charge in [-0.15, -0.1) is 9.50 Å². The lowest BCUT2D eigenvalue weighted by atomic mass is 10.1. The molecule has 1 N–H and O–H groups in total. The van der Waals surface area contributed by atoms with Gasteiger partial charge < -0.3 is 10.2 Å². The second kappa shape index (κ2) is 6.39. The number of amidine groups is 1. The van der Waals surface area contributed by atoms with Gasteiger partial charge in [0, 0.05) is 12.7 Å². The number of carbonyl (C=O) groups excluding carboxylic acids is 1. The van der Waals surface area contributed by atoms with Crippen LogP contribution in [0.25, 0.3) is 5.69 Å². The van der Waals surface area contributed by atoms with Gasteiger partial charge in [0.15, 0.2) is 5.84 Å². The number of carbonyl (C=O) groups is 1. The summed E-state index contributed by atoms with van der Waals surface area (Å²) in [5, 5.41) is 13.1. The third kappa shape index (κ3) is 3.33. The van der Waals surface area contributed by atoms with E-state index in [4.69, 9.17) is 0 Å². The maximum absolute atomic E-state index is 14.1. The van der Waals surface area contributed by atoms with E-state index >= 15 is 0 Å². The fourth-order valence-electron chi connectivity index (χ4n) is 2.61. The van der Waals surface area contributed by atoms with Crippen molar-refractivity contribution in [1.29, 1.82) is 0 Å². The number of aromatic nitrogens is 4. The topological polar surface area (TPSA) is 122 Å². The van der Waals surface area contributed by atoms with Crippen LogP contribution in [0.3, 0.4) is 0 Å². The van der Waals surface area contributed by atoms with E-state index in [0.717, 1.165) is 6.07 Å². The van der Waals surface area contributed by atoms with Crippen LogP contribution in [0.1, 0.15) is 0 Å². The molecular formula is C15H12FN7O3S. The van der Waals surface area contributed by atoms with Gasteiger partial charge >= 0.3 is 0 Å². The number of anilines is 1. The van der Waals surface area contributed by atoms with E-state index in [0.29, 0.717) is 5.69 Å². The number of allylic oxidation sites excluding steroid dienone is 2. The highest BCUT2D eigenvalue weighted by Gasteiger charge is 2.30. The molecule has 0 saturated heterocycles. The van der Waals surface area contributed by atoms with Gasteiger partial charge in [-0.2, -0.15) is 0 Å². The number of amides is 1. The highest BCUT2D eigenvalue weighted by molar-refractivity contribution is 7.90. The quantitative estimate of drug-likeness (QED) is 0.798. The summed E-state index contributed by atoms with van der Waals surface area (Å²) in [4.78, 5) is 14.2. The lowest BCUT2D eigenvalue weighted by Gasteiger charge is -2.28. The van der Waals surface area contributed by atoms with E-state index in [-0.39, 0.29) is 29.4 Å². The van der Waals surface area contributed by atoms with Crippen molar-refractivity contribution < 1.29 is 17.6 Å². The van der Waals surface area contributed by atoms with Crippen molar-refractivity contribution in [2.45, 2.75) is 0 Å². The molecule has 1 amide bonds. The number of rotatable bonds is 3. The second-order valence-electron chi connectivity index (χ2n) is 5.69. The number of nitrogens with zero attached hydrogens (tertiary/aromatic N) is 6. The number of hydrogen-bond acceptors (Lipinski definition) is 7. The van der Waals surface area contributed by atoms with E-state index in [9.17, 15) is 17.6 Å². The fraction of sp³-hybridized carbons (Fsp3) is 0.133. The summed E-state index contributed by atoms with van der Waals surface area (Å²) in [5.74, 6) is -1.48. The molecule has 2 aromatic rings. The van der Waals surface area contributed by atoms with Crippen LogP contribution in [0, 0.1) is 5.82 Å². The van der Waals surface area contributed by atoms with Gasteiger partial charge in [0.2, 0.25) is 0 Å². The molecule has 2 aliphatic rings. The molecule has 0 fully saturated rings. The van der Waals surface area contributed by atoms with Crippen molar-refractivity contribution in [2.75, 3.05) is 17.6 Å². The smallest absolute Gasteiger partial charge is 0.259 e. The molecule has 0 spiro atoms. The minimum Gasteiger partial charge on any atom is -0.331 e. The average molecular weight is 389 g/mol. The first-order valence-electron chi connectivity index (χ1n) is 7.75. The van der Waals surface area contributed by atoms with Crippen LogP contribution in [-0.2, 0) is 14.8 Å². The highest BCUT2D eigenvalue weighted by atomic mass is 32.2. The third-order valence-corrected chi connectivity index (χ3v) is 5.06. The Labute approximate surface area is 152 Å². The molecule has 0 bridgehead atoms. The van der Waals surface area contributed by atoms with E-state index in [2.05, 4.69) is 25.2 Å². The zero-order valence-electron chi connectivity index (χ0n) is 13.6. The molecule has 27 heavy (non-hydrogen) atoms. The fourth-order valence-corrected chi connectivity index (χ4v) is 3.60. The number of tetrazole rings is 1. The number of fused-ring (bicyclic) bond motifs is 1. The normalized spacial score (nSPS) is 17.7. The molecular weight excluding hydrogens is 377 g/mol. The molecule has 0 saturated carbocycles. The summed E-state index contributed by atoms with van der Waals surface area (Å²) in [6, 6.07) is 3.97. The van der Waals surface area contributed by atoms with Gasteiger partial charge in [-0.05, 0) is 40.8 Å². The molecule has 0 atom stereocenters. The molecule has 0 unspecified atom stereocenters. The van der Waals surface area contributed by atoms with Crippen molar-refractivity contribution in [1.82, 2.24) is 25.1 Å². The lowest BCUT2D eigenvalue weighted by molar-refractivity contribution is -0.112. The number of halogens is 1. The Morgan fingerprint density at radius 2 is 2.15 bits per heavy atom. The van der Waals surface area contributed by atoms with Gasteiger partial charge in [-0.25, -0.2) is 17.5 Å². The largest absolute Gasteiger partial charge is 0.331 e. The Balaban J connectivity index is 1.64. The number of hydrogen-bond donors (Lipinski definition) is 1. The molecule has 3 heterocycles. The first-order chi connectivity index (χ1) is 12.9. The monoisotopic (exact) mass is 389 g/mol. The van der Waals surface area contributed by atoms with E-state index < -0.39 is 21.7 Å². The van der Waals surface area contributed by atoms with Crippen molar-refractivity contribution >= 4 is 27.5 Å². The van der Waals surface area contributed by atoms with Crippen LogP contribution >= 0.6 is 0 Å². The zero-order chi connectivity index (χ0) is 19.0. The van der Waals surface area contributed by atoms with Crippen LogP contribution in [-0.4, -0.2) is 57.6 Å². The van der Waals surface area contributed by atoms with Gasteiger partial charge in [-0.3, -0.25) is 4.79 Å². The second-order valence-corrected chi connectivity index (χ2v) is 7.44. The molecule has 1 aromatic carbocycles. The summed E-state index contributed by atoms with van der Waals surface area (Å²) in [6.07, 6.45) is 5.98. The summed E-state index contributed by atoms with van der Waals surface area (Å²) >= 11 is 0. The first kappa shape index (κ1) is 17.0. The van der Waals surface area contributed by atoms with Crippen molar-refractivity contribution in [3.05, 3.63) is 54.3 Å². The molecule has 4 rings (SSSR count). The third-order valence-electron chi connectivity index (χ3n) is 3.91. The number of benzene rings is 1. The SMILES string of the molecule is O=C(Nc1cc(-n2cnnn2)ccc1F)C1=CC=CN2CCS(=O)(=O)N=C12. The van der Waals surface area contributed by atoms with Crippen molar-refractivity contribution in [2.24, 2.45) is 4.40 Å². The average Bonchev–Trinajstić information content (AvgIpc) is 3.17. The summed E-state index contributed by atoms with van der Waals surface area (Å²) in [7, 11) is -3.64. The maximum atomic E-state index is 14.1. The Kier molecular flexibility index (Phi) is 4.03. The van der Waals surface area contributed by atoms with Crippen LogP contribution in [0.15, 0.2) is 52.8 Å². The van der Waals surface area contributed by atoms with Crippen molar-refractivity contribution in [3.8, 4) is 5.69 Å². The van der Waals surface area contributed by atoms with Crippen LogP contribution in [0.2, 0.25) is 0 Å². The summed E-state index contributed by atoms with van der Waals surface area (Å²) in [6.45, 7) is 0.186. The minimum atomic E-state index is -3.64. The first-order valence-corrected chi connectivity index (χ1v) is 9.36. The molecule has 138 valence electrons. The van der Waals surface area contributed by atoms with Gasteiger partial charge in [0.05, 0.1) is 22.7 Å². The standard InChI is InChI=1S/C15H12FN7O3S/c16-12-4-3-10(23-9-17-20-21-23)8-13(12)18-15(24)11-2-1-5-22-6-7-27(25,26)19-14(11)22/h1-5,8-9H,6-7H2,(H,18,24). The van der Waals surface area contributed by atoms with E-state index in [1.54, 1.807) is 17.2 Å². The van der Waals surface area contributed by atoms with Gasteiger partial charge in [0.25, 0.3) is 15.9 Å². The molecule has 2 aliphatic heterocycles. The number of nitrogens with one attached hydrogen (secondary N) is 1. The maximum Gasteiger partial charge on any atom is 0.259 e. The van der Waals surface area contributed by atoms with Gasteiger partial charge in [-0.1, -0.05) is 0 Å². The molecule has 1 aromatic heterocycles. The minimum absolute atomic E-state index is 0.0123. The van der Waals surface area contributed by atoms with Crippen molar-refractivity contribution in [3.63, 3.8) is 0 Å². The summed E-state index contributed by atoms with van der Waals surface area (Å²) in [5.41, 5.74) is 0.357. The van der Waals surface area contributed by atoms with E-state index in [1.165, 1.54) is 29.2 Å². The van der Waals surface area contributed by atoms with Gasteiger partial charge in [0.1, 0.15) is 12.1 Å². The molecule has 0 radical (unpaired) electrons. The zero-order valence-corrected chi connectivity index (χ0v) is 14.5. The predicted molar refractivity (Wildman–Crippen MR) is 92.9 cm³/mol. The van der Waals surface area contributed by atoms with Crippen LogP contribution in [0.5, 0.6) is 0 Å². The predicted octanol–water partition coefficient (Wildman–Crippen LogP) is 0.237. The Bertz CT molecular complexity index is 1110. The lowest BCUT2D eigenvalue weighted by Crippen LogP contribution is -2.40. The molecule has 0 aliphatic carbocycles. The Hall–Kier alpha value is -3.41. The van der Waals surface area contributed by atoms with Crippen LogP contribution < -0.4 is 5.32 Å². The Morgan fingerprint density at radius 3 is 2.93 bits per heavy atom. The molecule has 10 nitrogen and oxygen atoms in total.